The van der Waals surface area contributed by atoms with Crippen LogP contribution < -0.4 is 19.5 Å². The molecular weight excluding hydrogens is 450 g/mol. The largest absolute Gasteiger partial charge is 0.496 e. The number of amides is 1. The number of anilines is 1. The molecule has 7 heteroatoms. The summed E-state index contributed by atoms with van der Waals surface area (Å²) < 4.78 is 22.2. The molecule has 4 rings (SSSR count). The molecule has 0 spiro atoms. The van der Waals surface area contributed by atoms with Gasteiger partial charge in [0, 0.05) is 33.9 Å². The second-order valence-electron chi connectivity index (χ2n) is 7.32. The van der Waals surface area contributed by atoms with Gasteiger partial charge >= 0.3 is 0 Å². The Balaban J connectivity index is 1.51. The Morgan fingerprint density at radius 3 is 2.21 bits per heavy atom. The van der Waals surface area contributed by atoms with Crippen LogP contribution in [0.1, 0.15) is 21.9 Å². The Kier molecular flexibility index (Phi) is 7.44. The van der Waals surface area contributed by atoms with E-state index < -0.39 is 0 Å². The number of hydrogen-bond acceptors (Lipinski definition) is 6. The van der Waals surface area contributed by atoms with E-state index in [2.05, 4.69) is 5.32 Å². The molecule has 0 aliphatic rings. The van der Waals surface area contributed by atoms with Gasteiger partial charge in [-0.3, -0.25) is 4.79 Å². The quantitative estimate of drug-likeness (QED) is 0.306. The zero-order chi connectivity index (χ0) is 23.9. The van der Waals surface area contributed by atoms with Crippen molar-refractivity contribution in [2.45, 2.75) is 16.2 Å². The lowest BCUT2D eigenvalue weighted by Crippen LogP contribution is -2.11. The van der Waals surface area contributed by atoms with E-state index >= 15 is 0 Å². The fourth-order valence-electron chi connectivity index (χ4n) is 3.48. The Morgan fingerprint density at radius 2 is 1.53 bits per heavy atom. The summed E-state index contributed by atoms with van der Waals surface area (Å²) in [5.41, 5.74) is 1.52. The van der Waals surface area contributed by atoms with Crippen LogP contribution in [0.15, 0.2) is 93.1 Å². The fraction of sp³-hybridized carbons (Fsp3) is 0.148. The predicted octanol–water partition coefficient (Wildman–Crippen LogP) is 6.30. The van der Waals surface area contributed by atoms with E-state index in [0.29, 0.717) is 29.4 Å². The van der Waals surface area contributed by atoms with Gasteiger partial charge in [0.1, 0.15) is 23.0 Å². The van der Waals surface area contributed by atoms with Crippen LogP contribution >= 0.6 is 11.8 Å². The van der Waals surface area contributed by atoms with Crippen molar-refractivity contribution in [2.24, 2.45) is 0 Å². The molecule has 0 atom stereocenters. The summed E-state index contributed by atoms with van der Waals surface area (Å²) in [6.07, 6.45) is 0.393. The first-order valence-corrected chi connectivity index (χ1v) is 11.4. The molecule has 1 heterocycles. The van der Waals surface area contributed by atoms with Crippen LogP contribution in [0.4, 0.5) is 5.69 Å². The van der Waals surface area contributed by atoms with E-state index in [9.17, 15) is 4.79 Å². The first kappa shape index (κ1) is 23.3. The maximum Gasteiger partial charge on any atom is 0.291 e. The molecule has 3 aromatic carbocycles. The Bertz CT molecular complexity index is 1240. The standard InChI is InChI=1S/C27H25NO5S/c1-30-19-16-24(31-2)21(25(17-19)32-3)15-18-13-14-23(33-18)27(29)28-22-11-7-8-12-26(22)34-20-9-5-4-6-10-20/h4-14,16-17H,15H2,1-3H3,(H,28,29). The summed E-state index contributed by atoms with van der Waals surface area (Å²) in [6, 6.07) is 24.7. The highest BCUT2D eigenvalue weighted by Crippen LogP contribution is 2.36. The molecule has 0 aliphatic heterocycles. The van der Waals surface area contributed by atoms with Crippen molar-refractivity contribution in [2.75, 3.05) is 26.6 Å². The van der Waals surface area contributed by atoms with Crippen LogP contribution in [-0.2, 0) is 6.42 Å². The monoisotopic (exact) mass is 475 g/mol. The Morgan fingerprint density at radius 1 is 0.853 bits per heavy atom. The first-order chi connectivity index (χ1) is 16.6. The molecule has 0 saturated carbocycles. The minimum atomic E-state index is -0.318. The zero-order valence-corrected chi connectivity index (χ0v) is 20.0. The highest BCUT2D eigenvalue weighted by molar-refractivity contribution is 7.99. The summed E-state index contributed by atoms with van der Waals surface area (Å²) in [5, 5.41) is 2.97. The maximum absolute atomic E-state index is 12.9. The molecule has 1 aromatic heterocycles. The van der Waals surface area contributed by atoms with E-state index in [0.717, 1.165) is 21.0 Å². The molecule has 34 heavy (non-hydrogen) atoms. The maximum atomic E-state index is 12.9. The van der Waals surface area contributed by atoms with Crippen LogP contribution in [0.5, 0.6) is 17.2 Å². The highest BCUT2D eigenvalue weighted by Gasteiger charge is 2.18. The predicted molar refractivity (Wildman–Crippen MR) is 133 cm³/mol. The van der Waals surface area contributed by atoms with Crippen LogP contribution in [0.3, 0.4) is 0 Å². The number of carbonyl (C=O) groups is 1. The number of hydrogen-bond donors (Lipinski definition) is 1. The van der Waals surface area contributed by atoms with Crippen molar-refractivity contribution in [3.63, 3.8) is 0 Å². The van der Waals surface area contributed by atoms with E-state index in [1.54, 1.807) is 57.4 Å². The number of rotatable bonds is 9. The lowest BCUT2D eigenvalue weighted by molar-refractivity contribution is 0.0995. The topological polar surface area (TPSA) is 69.9 Å². The number of furan rings is 1. The van der Waals surface area contributed by atoms with Crippen molar-refractivity contribution in [3.8, 4) is 17.2 Å². The van der Waals surface area contributed by atoms with Crippen molar-refractivity contribution < 1.29 is 23.4 Å². The van der Waals surface area contributed by atoms with Gasteiger partial charge < -0.3 is 23.9 Å². The lowest BCUT2D eigenvalue weighted by Gasteiger charge is -2.14. The summed E-state index contributed by atoms with van der Waals surface area (Å²) in [7, 11) is 4.76. The number of nitrogens with one attached hydrogen (secondary N) is 1. The molecule has 0 radical (unpaired) electrons. The summed E-state index contributed by atoms with van der Waals surface area (Å²) >= 11 is 1.59. The van der Waals surface area contributed by atoms with Crippen LogP contribution in [0.2, 0.25) is 0 Å². The van der Waals surface area contributed by atoms with Crippen molar-refractivity contribution >= 4 is 23.4 Å². The van der Waals surface area contributed by atoms with E-state index in [-0.39, 0.29) is 11.7 Å². The molecule has 1 amide bonds. The molecule has 1 N–H and O–H groups in total. The summed E-state index contributed by atoms with van der Waals surface area (Å²) in [5.74, 6) is 2.38. The first-order valence-electron chi connectivity index (χ1n) is 10.6. The summed E-state index contributed by atoms with van der Waals surface area (Å²) in [6.45, 7) is 0. The SMILES string of the molecule is COc1cc(OC)c(Cc2ccc(C(=O)Nc3ccccc3Sc3ccccc3)o2)c(OC)c1. The molecule has 174 valence electrons. The van der Waals surface area contributed by atoms with Crippen molar-refractivity contribution in [3.05, 3.63) is 95.9 Å². The van der Waals surface area contributed by atoms with Gasteiger partial charge in [-0.1, -0.05) is 42.1 Å². The van der Waals surface area contributed by atoms with E-state index in [1.807, 2.05) is 54.6 Å². The second-order valence-corrected chi connectivity index (χ2v) is 8.43. The molecule has 0 fully saturated rings. The van der Waals surface area contributed by atoms with E-state index in [4.69, 9.17) is 18.6 Å². The normalized spacial score (nSPS) is 10.6. The number of benzene rings is 3. The van der Waals surface area contributed by atoms with Gasteiger partial charge in [0.2, 0.25) is 0 Å². The molecule has 6 nitrogen and oxygen atoms in total. The minimum Gasteiger partial charge on any atom is -0.496 e. The van der Waals surface area contributed by atoms with Gasteiger partial charge in [-0.15, -0.1) is 0 Å². The van der Waals surface area contributed by atoms with Gasteiger partial charge in [-0.2, -0.15) is 0 Å². The number of ether oxygens (including phenoxy) is 3. The van der Waals surface area contributed by atoms with Gasteiger partial charge in [-0.05, 0) is 36.4 Å². The lowest BCUT2D eigenvalue weighted by atomic mass is 10.1. The number of para-hydroxylation sites is 1. The van der Waals surface area contributed by atoms with Gasteiger partial charge in [-0.25, -0.2) is 0 Å². The molecule has 0 bridgehead atoms. The third kappa shape index (κ3) is 5.38. The van der Waals surface area contributed by atoms with E-state index in [1.165, 1.54) is 0 Å². The van der Waals surface area contributed by atoms with Crippen molar-refractivity contribution in [1.82, 2.24) is 0 Å². The van der Waals surface area contributed by atoms with Crippen LogP contribution in [0, 0.1) is 0 Å². The highest BCUT2D eigenvalue weighted by atomic mass is 32.2. The molecule has 0 unspecified atom stereocenters. The Hall–Kier alpha value is -3.84. The number of methoxy groups -OCH3 is 3. The zero-order valence-electron chi connectivity index (χ0n) is 19.2. The molecule has 4 aromatic rings. The molecule has 0 saturated heterocycles. The minimum absolute atomic E-state index is 0.223. The molecule has 0 aliphatic carbocycles. The molecular formula is C27H25NO5S. The van der Waals surface area contributed by atoms with Gasteiger partial charge in [0.15, 0.2) is 5.76 Å². The Labute approximate surface area is 202 Å². The van der Waals surface area contributed by atoms with Gasteiger partial charge in [0.05, 0.1) is 27.0 Å². The third-order valence-electron chi connectivity index (χ3n) is 5.16. The van der Waals surface area contributed by atoms with Crippen LogP contribution in [-0.4, -0.2) is 27.2 Å². The van der Waals surface area contributed by atoms with Crippen LogP contribution in [0.25, 0.3) is 0 Å². The second kappa shape index (κ2) is 10.9. The van der Waals surface area contributed by atoms with Crippen molar-refractivity contribution in [1.29, 1.82) is 0 Å². The average Bonchev–Trinajstić information content (AvgIpc) is 3.34. The smallest absolute Gasteiger partial charge is 0.291 e. The summed E-state index contributed by atoms with van der Waals surface area (Å²) in [4.78, 5) is 15.0. The third-order valence-corrected chi connectivity index (χ3v) is 6.24. The fourth-order valence-corrected chi connectivity index (χ4v) is 4.40. The number of carbonyl (C=O) groups excluding carboxylic acids is 1. The van der Waals surface area contributed by atoms with Gasteiger partial charge in [0.25, 0.3) is 5.91 Å². The average molecular weight is 476 g/mol.